The summed E-state index contributed by atoms with van der Waals surface area (Å²) in [6.45, 7) is 0.800. The molecule has 1 amide bonds. The summed E-state index contributed by atoms with van der Waals surface area (Å²) in [6, 6.07) is 6.49. The molecule has 2 aromatic rings. The number of rotatable bonds is 2. The smallest absolute Gasteiger partial charge is 0.226 e. The van der Waals surface area contributed by atoms with Gasteiger partial charge in [0.05, 0.1) is 6.04 Å². The topological polar surface area (TPSA) is 37.4 Å². The summed E-state index contributed by atoms with van der Waals surface area (Å²) in [4.78, 5) is 30.8. The maximum Gasteiger partial charge on any atom is 0.226 e. The third-order valence-electron chi connectivity index (χ3n) is 6.46. The number of ketones is 1. The molecule has 0 N–H and O–H groups in total. The summed E-state index contributed by atoms with van der Waals surface area (Å²) in [6.07, 6.45) is 5.64. The number of fused-ring (bicyclic) bond motifs is 3. The predicted octanol–water partition coefficient (Wildman–Crippen LogP) is 4.68. The Kier molecular flexibility index (Phi) is 4.24. The fraction of sp³-hybridized carbons (Fsp3) is 0.524. The van der Waals surface area contributed by atoms with Crippen molar-refractivity contribution < 1.29 is 9.59 Å². The van der Waals surface area contributed by atoms with Gasteiger partial charge in [-0.3, -0.25) is 9.59 Å². The van der Waals surface area contributed by atoms with E-state index in [1.165, 1.54) is 15.3 Å². The highest BCUT2D eigenvalue weighted by Gasteiger charge is 2.44. The Hall–Kier alpha value is -1.46. The first-order valence-corrected chi connectivity index (χ1v) is 11.4. The highest BCUT2D eigenvalue weighted by molar-refractivity contribution is 7.10. The van der Waals surface area contributed by atoms with E-state index in [0.29, 0.717) is 5.78 Å². The number of nitrogens with zero attached hydrogens (tertiary/aromatic N) is 1. The van der Waals surface area contributed by atoms with Crippen LogP contribution in [-0.4, -0.2) is 23.1 Å². The van der Waals surface area contributed by atoms with Crippen LogP contribution >= 0.6 is 22.7 Å². The maximum atomic E-state index is 13.6. The molecule has 2 fully saturated rings. The van der Waals surface area contributed by atoms with Crippen LogP contribution in [0.5, 0.6) is 0 Å². The average Bonchev–Trinajstić information content (AvgIpc) is 3.31. The molecule has 3 atom stereocenters. The van der Waals surface area contributed by atoms with E-state index in [1.807, 2.05) is 11.3 Å². The summed E-state index contributed by atoms with van der Waals surface area (Å²) >= 11 is 3.55. The number of hydrogen-bond acceptors (Lipinski definition) is 4. The second kappa shape index (κ2) is 6.61. The highest BCUT2D eigenvalue weighted by Crippen LogP contribution is 2.44. The third-order valence-corrected chi connectivity index (χ3v) is 8.38. The van der Waals surface area contributed by atoms with Crippen LogP contribution in [0, 0.1) is 17.8 Å². The van der Waals surface area contributed by atoms with Crippen LogP contribution in [0.15, 0.2) is 29.0 Å². The number of carbonyl (C=O) groups excluding carboxylic acids is 2. The normalized spacial score (nSPS) is 30.9. The lowest BCUT2D eigenvalue weighted by Crippen LogP contribution is -2.47. The van der Waals surface area contributed by atoms with Gasteiger partial charge in [0.25, 0.3) is 0 Å². The zero-order chi connectivity index (χ0) is 17.7. The zero-order valence-electron chi connectivity index (χ0n) is 14.7. The second-order valence-electron chi connectivity index (χ2n) is 7.89. The highest BCUT2D eigenvalue weighted by atomic mass is 32.1. The van der Waals surface area contributed by atoms with E-state index in [-0.39, 0.29) is 29.7 Å². The Labute approximate surface area is 162 Å². The van der Waals surface area contributed by atoms with Crippen LogP contribution < -0.4 is 0 Å². The molecule has 2 saturated carbocycles. The molecule has 0 spiro atoms. The maximum absolute atomic E-state index is 13.6. The van der Waals surface area contributed by atoms with E-state index in [4.69, 9.17) is 0 Å². The molecule has 0 saturated heterocycles. The fourth-order valence-corrected chi connectivity index (χ4v) is 6.98. The lowest BCUT2D eigenvalue weighted by atomic mass is 9.66. The fourth-order valence-electron chi connectivity index (χ4n) is 5.22. The summed E-state index contributed by atoms with van der Waals surface area (Å²) in [5.74, 6) is 1.03. The molecule has 0 aromatic carbocycles. The first-order chi connectivity index (χ1) is 12.7. The minimum absolute atomic E-state index is 0.0330. The lowest BCUT2D eigenvalue weighted by Gasteiger charge is -2.42. The van der Waals surface area contributed by atoms with E-state index < -0.39 is 0 Å². The monoisotopic (exact) mass is 385 g/mol. The summed E-state index contributed by atoms with van der Waals surface area (Å²) in [5, 5.41) is 4.26. The van der Waals surface area contributed by atoms with Crippen LogP contribution in [0.3, 0.4) is 0 Å². The van der Waals surface area contributed by atoms with Gasteiger partial charge in [0.15, 0.2) is 0 Å². The van der Waals surface area contributed by atoms with Crippen molar-refractivity contribution in [2.24, 2.45) is 17.8 Å². The molecule has 1 aliphatic heterocycles. The van der Waals surface area contributed by atoms with E-state index in [0.717, 1.165) is 45.1 Å². The van der Waals surface area contributed by atoms with Crippen LogP contribution in [-0.2, 0) is 16.0 Å². The summed E-state index contributed by atoms with van der Waals surface area (Å²) in [5.41, 5.74) is 1.31. The number of thiophene rings is 2. The lowest BCUT2D eigenvalue weighted by molar-refractivity contribution is -0.144. The summed E-state index contributed by atoms with van der Waals surface area (Å²) < 4.78 is 0. The molecule has 3 heterocycles. The van der Waals surface area contributed by atoms with Gasteiger partial charge < -0.3 is 4.90 Å². The minimum atomic E-state index is 0.0330. The quantitative estimate of drug-likeness (QED) is 0.753. The zero-order valence-corrected chi connectivity index (χ0v) is 16.4. The Morgan fingerprint density at radius 3 is 2.62 bits per heavy atom. The van der Waals surface area contributed by atoms with Crippen molar-refractivity contribution >= 4 is 34.4 Å². The molecule has 2 aromatic heterocycles. The van der Waals surface area contributed by atoms with Crippen LogP contribution in [0.2, 0.25) is 0 Å². The van der Waals surface area contributed by atoms with Crippen molar-refractivity contribution in [2.45, 2.75) is 44.6 Å². The van der Waals surface area contributed by atoms with Gasteiger partial charge in [-0.2, -0.15) is 0 Å². The van der Waals surface area contributed by atoms with Crippen LogP contribution in [0.4, 0.5) is 0 Å². The standard InChI is InChI=1S/C21H23NO2S2/c23-20-13-3-1-4-14(20)12-15(11-13)21(24)22-8-6-17-16(7-10-26-17)19(22)18-5-2-9-25-18/h2,5,7,9-10,13-15,19H,1,3-4,6,8,11-12H2. The largest absolute Gasteiger partial charge is 0.330 e. The molecule has 136 valence electrons. The molecule has 2 aliphatic carbocycles. The van der Waals surface area contributed by atoms with Crippen molar-refractivity contribution in [3.63, 3.8) is 0 Å². The van der Waals surface area contributed by atoms with E-state index in [9.17, 15) is 9.59 Å². The number of amides is 1. The first kappa shape index (κ1) is 16.7. The molecular formula is C21H23NO2S2. The van der Waals surface area contributed by atoms with Gasteiger partial charge in [-0.1, -0.05) is 12.5 Å². The van der Waals surface area contributed by atoms with E-state index >= 15 is 0 Å². The van der Waals surface area contributed by atoms with Crippen LogP contribution in [0.25, 0.3) is 0 Å². The second-order valence-corrected chi connectivity index (χ2v) is 9.87. The number of hydrogen-bond donors (Lipinski definition) is 0. The van der Waals surface area contributed by atoms with Crippen molar-refractivity contribution in [3.05, 3.63) is 44.3 Å². The van der Waals surface area contributed by atoms with Gasteiger partial charge in [-0.05, 0) is 60.6 Å². The Morgan fingerprint density at radius 2 is 1.88 bits per heavy atom. The third kappa shape index (κ3) is 2.67. The van der Waals surface area contributed by atoms with Gasteiger partial charge in [-0.15, -0.1) is 22.7 Å². The number of Topliss-reactive ketones (excluding diaryl/α,β-unsaturated/α-hetero) is 1. The average molecular weight is 386 g/mol. The molecule has 2 bridgehead atoms. The van der Waals surface area contributed by atoms with Gasteiger partial charge in [-0.25, -0.2) is 0 Å². The number of carbonyl (C=O) groups is 2. The van der Waals surface area contributed by atoms with E-state index in [1.54, 1.807) is 11.3 Å². The molecule has 5 rings (SSSR count). The van der Waals surface area contributed by atoms with Crippen molar-refractivity contribution in [1.29, 1.82) is 0 Å². The molecule has 3 aliphatic rings. The van der Waals surface area contributed by atoms with Crippen molar-refractivity contribution in [2.75, 3.05) is 6.54 Å². The van der Waals surface area contributed by atoms with Crippen molar-refractivity contribution in [1.82, 2.24) is 4.90 Å². The predicted molar refractivity (Wildman–Crippen MR) is 104 cm³/mol. The van der Waals surface area contributed by atoms with Crippen molar-refractivity contribution in [3.8, 4) is 0 Å². The molecule has 26 heavy (non-hydrogen) atoms. The molecule has 0 radical (unpaired) electrons. The summed E-state index contributed by atoms with van der Waals surface area (Å²) in [7, 11) is 0. The molecular weight excluding hydrogens is 362 g/mol. The minimum Gasteiger partial charge on any atom is -0.330 e. The van der Waals surface area contributed by atoms with Gasteiger partial charge >= 0.3 is 0 Å². The Bertz CT molecular complexity index is 809. The van der Waals surface area contributed by atoms with Gasteiger partial charge in [0, 0.05) is 34.1 Å². The molecule has 3 nitrogen and oxygen atoms in total. The van der Waals surface area contributed by atoms with Gasteiger partial charge in [0.2, 0.25) is 5.91 Å². The van der Waals surface area contributed by atoms with Gasteiger partial charge in [0.1, 0.15) is 5.78 Å². The molecule has 5 heteroatoms. The molecule has 3 unspecified atom stereocenters. The first-order valence-electron chi connectivity index (χ1n) is 9.66. The van der Waals surface area contributed by atoms with E-state index in [2.05, 4.69) is 33.9 Å². The van der Waals surface area contributed by atoms with Crippen LogP contribution in [0.1, 0.15) is 53.5 Å². The SMILES string of the molecule is O=C1C2CCCC1CC(C(=O)N1CCc3sccc3C1c1cccs1)C2. The Morgan fingerprint density at radius 1 is 1.08 bits per heavy atom. The Balaban J connectivity index is 1.45.